The van der Waals surface area contributed by atoms with Crippen molar-refractivity contribution in [1.29, 1.82) is 0 Å². The number of benzene rings is 1. The molecule has 9 heteroatoms. The highest BCUT2D eigenvalue weighted by Crippen LogP contribution is 2.29. The number of halogens is 2. The molecule has 0 spiro atoms. The Morgan fingerprint density at radius 2 is 1.83 bits per heavy atom. The van der Waals surface area contributed by atoms with E-state index in [1.807, 2.05) is 0 Å². The molecule has 2 amide bonds. The van der Waals surface area contributed by atoms with Crippen LogP contribution in [0.3, 0.4) is 0 Å². The van der Waals surface area contributed by atoms with E-state index in [0.717, 1.165) is 18.7 Å². The van der Waals surface area contributed by atoms with Gasteiger partial charge in [-0.1, -0.05) is 19.8 Å². The van der Waals surface area contributed by atoms with Crippen LogP contribution in [0.5, 0.6) is 0 Å². The van der Waals surface area contributed by atoms with Crippen molar-refractivity contribution in [3.8, 4) is 23.7 Å². The molecule has 29 heavy (non-hydrogen) atoms. The largest absolute Gasteiger partial charge is 0.339 e. The molecule has 2 aromatic rings. The zero-order chi connectivity index (χ0) is 21.4. The number of amides is 2. The number of carbonyl (C=O) groups is 2. The monoisotopic (exact) mass is 417 g/mol. The van der Waals surface area contributed by atoms with Crippen LogP contribution in [0, 0.1) is 29.1 Å². The molecule has 150 valence electrons. The second kappa shape index (κ2) is 9.78. The fourth-order valence-electron chi connectivity index (χ4n) is 2.17. The lowest BCUT2D eigenvalue weighted by atomic mass is 9.84. The minimum Gasteiger partial charge on any atom is -0.339 e. The van der Waals surface area contributed by atoms with Crippen LogP contribution in [-0.4, -0.2) is 34.5 Å². The van der Waals surface area contributed by atoms with Crippen molar-refractivity contribution in [3.05, 3.63) is 52.0 Å². The summed E-state index contributed by atoms with van der Waals surface area (Å²) in [7, 11) is 0. The van der Waals surface area contributed by atoms with Crippen molar-refractivity contribution in [1.82, 2.24) is 15.8 Å². The Kier molecular flexibility index (Phi) is 7.43. The molecule has 1 aromatic carbocycles. The highest BCUT2D eigenvalue weighted by Gasteiger charge is 2.43. The fraction of sp³-hybridized carbons (Fsp3) is 0.250. The van der Waals surface area contributed by atoms with Crippen molar-refractivity contribution in [2.24, 2.45) is 5.41 Å². The van der Waals surface area contributed by atoms with Crippen LogP contribution in [0.25, 0.3) is 0 Å². The van der Waals surface area contributed by atoms with Gasteiger partial charge in [-0.25, -0.2) is 14.3 Å². The van der Waals surface area contributed by atoms with E-state index in [2.05, 4.69) is 34.0 Å². The molecule has 0 aliphatic rings. The van der Waals surface area contributed by atoms with Crippen LogP contribution >= 0.6 is 11.3 Å². The lowest BCUT2D eigenvalue weighted by Gasteiger charge is -2.32. The molecule has 6 nitrogen and oxygen atoms in total. The SMILES string of the molecule is CC(C)(C(F)F)[C@H](NC(=O)c1ccc(C#CC#Cc2cncs2)cc1)C(=O)NO. The molecule has 0 aliphatic carbocycles. The smallest absolute Gasteiger partial charge is 0.266 e. The molecular weight excluding hydrogens is 400 g/mol. The summed E-state index contributed by atoms with van der Waals surface area (Å²) >= 11 is 1.40. The quantitative estimate of drug-likeness (QED) is 0.396. The first kappa shape index (κ1) is 22.0. The van der Waals surface area contributed by atoms with Gasteiger partial charge in [0.25, 0.3) is 11.8 Å². The molecule has 2 rings (SSSR count). The van der Waals surface area contributed by atoms with Crippen molar-refractivity contribution in [3.63, 3.8) is 0 Å². The number of thiazole rings is 1. The van der Waals surface area contributed by atoms with Crippen LogP contribution < -0.4 is 10.8 Å². The molecule has 0 aliphatic heterocycles. The Balaban J connectivity index is 2.10. The van der Waals surface area contributed by atoms with Gasteiger partial charge >= 0.3 is 0 Å². The third-order valence-electron chi connectivity index (χ3n) is 3.99. The van der Waals surface area contributed by atoms with E-state index in [9.17, 15) is 18.4 Å². The molecular formula is C20H17F2N3O3S. The number of hydrogen-bond donors (Lipinski definition) is 3. The van der Waals surface area contributed by atoms with Gasteiger partial charge in [0.15, 0.2) is 0 Å². The molecule has 0 fully saturated rings. The lowest BCUT2D eigenvalue weighted by molar-refractivity contribution is -0.137. The number of rotatable bonds is 5. The summed E-state index contributed by atoms with van der Waals surface area (Å²) in [5.74, 6) is 9.14. The van der Waals surface area contributed by atoms with Gasteiger partial charge in [0, 0.05) is 11.1 Å². The average Bonchev–Trinajstić information content (AvgIpc) is 3.22. The van der Waals surface area contributed by atoms with Crippen LogP contribution in [0.15, 0.2) is 36.0 Å². The van der Waals surface area contributed by atoms with Crippen molar-refractivity contribution in [2.45, 2.75) is 26.3 Å². The third-order valence-corrected chi connectivity index (χ3v) is 4.68. The fourth-order valence-corrected chi connectivity index (χ4v) is 2.64. The zero-order valence-electron chi connectivity index (χ0n) is 15.5. The molecule has 1 aromatic heterocycles. The predicted octanol–water partition coefficient (Wildman–Crippen LogP) is 2.44. The molecule has 3 N–H and O–H groups in total. The highest BCUT2D eigenvalue weighted by molar-refractivity contribution is 7.10. The number of aromatic nitrogens is 1. The maximum atomic E-state index is 13.3. The summed E-state index contributed by atoms with van der Waals surface area (Å²) in [5.41, 5.74) is 1.82. The Bertz CT molecular complexity index is 982. The van der Waals surface area contributed by atoms with Gasteiger partial charge in [-0.2, -0.15) is 0 Å². The van der Waals surface area contributed by atoms with Crippen molar-refractivity contribution in [2.75, 3.05) is 0 Å². The Labute approximate surface area is 170 Å². The minimum atomic E-state index is -2.91. The summed E-state index contributed by atoms with van der Waals surface area (Å²) in [6, 6.07) is 4.38. The summed E-state index contributed by atoms with van der Waals surface area (Å²) in [6.45, 7) is 2.23. The summed E-state index contributed by atoms with van der Waals surface area (Å²) in [6.07, 6.45) is -1.28. The van der Waals surface area contributed by atoms with E-state index in [4.69, 9.17) is 5.21 Å². The minimum absolute atomic E-state index is 0.145. The molecule has 0 saturated heterocycles. The lowest BCUT2D eigenvalue weighted by Crippen LogP contribution is -2.56. The molecule has 0 saturated carbocycles. The first-order chi connectivity index (χ1) is 13.8. The van der Waals surface area contributed by atoms with Gasteiger partial charge in [0.2, 0.25) is 6.43 Å². The maximum absolute atomic E-state index is 13.3. The standard InChI is InChI=1S/C20H17F2N3O3S/c1-20(2,19(21)22)16(18(27)25-28)24-17(26)14-9-7-13(8-10-14)5-3-4-6-15-11-23-12-29-15/h7-12,16,19,28H,1-2H3,(H,24,26)(H,25,27)/t16-/m1/s1. The molecule has 0 radical (unpaired) electrons. The van der Waals surface area contributed by atoms with Crippen LogP contribution in [-0.2, 0) is 4.79 Å². The van der Waals surface area contributed by atoms with Gasteiger partial charge < -0.3 is 5.32 Å². The molecule has 0 unspecified atom stereocenters. The number of hydrogen-bond acceptors (Lipinski definition) is 5. The Morgan fingerprint density at radius 3 is 2.38 bits per heavy atom. The van der Waals surface area contributed by atoms with Gasteiger partial charge in [-0.3, -0.25) is 19.8 Å². The summed E-state index contributed by atoms with van der Waals surface area (Å²) < 4.78 is 26.5. The summed E-state index contributed by atoms with van der Waals surface area (Å²) in [4.78, 5) is 28.8. The van der Waals surface area contributed by atoms with Gasteiger partial charge in [0.05, 0.1) is 22.0 Å². The zero-order valence-corrected chi connectivity index (χ0v) is 16.3. The Hall–Kier alpha value is -3.27. The van der Waals surface area contributed by atoms with E-state index >= 15 is 0 Å². The van der Waals surface area contributed by atoms with Crippen molar-refractivity contribution < 1.29 is 23.6 Å². The Morgan fingerprint density at radius 1 is 1.17 bits per heavy atom. The van der Waals surface area contributed by atoms with E-state index < -0.39 is 29.7 Å². The van der Waals surface area contributed by atoms with Gasteiger partial charge in [-0.05, 0) is 42.0 Å². The van der Waals surface area contributed by atoms with E-state index in [0.29, 0.717) is 5.56 Å². The second-order valence-electron chi connectivity index (χ2n) is 6.45. The van der Waals surface area contributed by atoms with E-state index in [-0.39, 0.29) is 5.56 Å². The topological polar surface area (TPSA) is 91.3 Å². The van der Waals surface area contributed by atoms with Crippen LogP contribution in [0.2, 0.25) is 0 Å². The number of nitrogens with one attached hydrogen (secondary N) is 2. The first-order valence-corrected chi connectivity index (χ1v) is 9.17. The first-order valence-electron chi connectivity index (χ1n) is 8.29. The van der Waals surface area contributed by atoms with E-state index in [1.54, 1.807) is 23.8 Å². The van der Waals surface area contributed by atoms with Crippen LogP contribution in [0.4, 0.5) is 8.78 Å². The normalized spacial score (nSPS) is 11.5. The van der Waals surface area contributed by atoms with Gasteiger partial charge in [-0.15, -0.1) is 11.3 Å². The third kappa shape index (κ3) is 5.85. The van der Waals surface area contributed by atoms with E-state index in [1.165, 1.54) is 28.9 Å². The van der Waals surface area contributed by atoms with Crippen LogP contribution in [0.1, 0.15) is 34.6 Å². The molecule has 1 heterocycles. The maximum Gasteiger partial charge on any atom is 0.266 e. The number of hydroxylamine groups is 1. The molecule has 0 bridgehead atoms. The predicted molar refractivity (Wildman–Crippen MR) is 103 cm³/mol. The number of carbonyl (C=O) groups excluding carboxylic acids is 2. The van der Waals surface area contributed by atoms with Crippen molar-refractivity contribution >= 4 is 23.2 Å². The second-order valence-corrected chi connectivity index (χ2v) is 7.33. The average molecular weight is 417 g/mol. The number of alkyl halides is 2. The highest BCUT2D eigenvalue weighted by atomic mass is 32.1. The molecule has 1 atom stereocenters. The van der Waals surface area contributed by atoms with Gasteiger partial charge in [0.1, 0.15) is 6.04 Å². The number of nitrogens with zero attached hydrogens (tertiary/aromatic N) is 1. The summed E-state index contributed by atoms with van der Waals surface area (Å²) in [5, 5.41) is 11.0.